The highest BCUT2D eigenvalue weighted by Gasteiger charge is 2.18. The topological polar surface area (TPSA) is 105 Å². The van der Waals surface area contributed by atoms with Crippen molar-refractivity contribution in [1.82, 2.24) is 4.72 Å². The maximum absolute atomic E-state index is 12.1. The Morgan fingerprint density at radius 2 is 2.18 bits per heavy atom. The Morgan fingerprint density at radius 3 is 2.77 bits per heavy atom. The Hall–Kier alpha value is -1.90. The molecule has 0 radical (unpaired) electrons. The maximum atomic E-state index is 12.1. The molecule has 8 heteroatoms. The van der Waals surface area contributed by atoms with Crippen molar-refractivity contribution in [2.24, 2.45) is 0 Å². The number of anilines is 1. The van der Waals surface area contributed by atoms with Crippen LogP contribution < -0.4 is 10.0 Å². The smallest absolute Gasteiger partial charge is 0.337 e. The van der Waals surface area contributed by atoms with Gasteiger partial charge in [0.25, 0.3) is 0 Å². The van der Waals surface area contributed by atoms with Crippen LogP contribution in [-0.4, -0.2) is 46.3 Å². The first-order valence-electron chi connectivity index (χ1n) is 6.63. The summed E-state index contributed by atoms with van der Waals surface area (Å²) in [5, 5.41) is 12.1. The lowest BCUT2D eigenvalue weighted by atomic mass is 10.2. The molecule has 0 aliphatic heterocycles. The highest BCUT2D eigenvalue weighted by atomic mass is 32.2. The van der Waals surface area contributed by atoms with Crippen LogP contribution in [0.3, 0.4) is 0 Å². The van der Waals surface area contributed by atoms with E-state index in [1.165, 1.54) is 19.2 Å². The number of sulfonamides is 1. The zero-order chi connectivity index (χ0) is 16.6. The fourth-order valence-corrected chi connectivity index (χ4v) is 2.81. The van der Waals surface area contributed by atoms with Gasteiger partial charge in [-0.15, -0.1) is 6.58 Å². The van der Waals surface area contributed by atoms with Crippen LogP contribution in [0.2, 0.25) is 0 Å². The lowest BCUT2D eigenvalue weighted by molar-refractivity contribution is 0.0697. The van der Waals surface area contributed by atoms with Crippen molar-refractivity contribution in [3.63, 3.8) is 0 Å². The second-order valence-corrected chi connectivity index (χ2v) is 6.19. The minimum Gasteiger partial charge on any atom is -0.478 e. The fourth-order valence-electron chi connectivity index (χ4n) is 1.71. The molecular formula is C14H20N2O5S. The molecule has 0 aliphatic rings. The van der Waals surface area contributed by atoms with Crippen molar-refractivity contribution in [2.75, 3.05) is 32.1 Å². The molecule has 0 spiro atoms. The molecule has 0 saturated carbocycles. The highest BCUT2D eigenvalue weighted by molar-refractivity contribution is 7.89. The molecule has 1 rings (SSSR count). The first kappa shape index (κ1) is 18.1. The third-order valence-electron chi connectivity index (χ3n) is 2.79. The van der Waals surface area contributed by atoms with Gasteiger partial charge in [-0.1, -0.05) is 6.08 Å². The van der Waals surface area contributed by atoms with Crippen LogP contribution in [-0.2, 0) is 14.8 Å². The van der Waals surface area contributed by atoms with Crippen LogP contribution in [0.1, 0.15) is 16.8 Å². The molecule has 1 aromatic carbocycles. The Kier molecular flexibility index (Phi) is 7.03. The van der Waals surface area contributed by atoms with E-state index in [0.717, 1.165) is 6.07 Å². The number of methoxy groups -OCH3 is 1. The highest BCUT2D eigenvalue weighted by Crippen LogP contribution is 2.20. The van der Waals surface area contributed by atoms with E-state index in [2.05, 4.69) is 16.6 Å². The van der Waals surface area contributed by atoms with Crippen LogP contribution in [0.4, 0.5) is 5.69 Å². The van der Waals surface area contributed by atoms with Crippen LogP contribution in [0.15, 0.2) is 35.7 Å². The molecule has 3 N–H and O–H groups in total. The van der Waals surface area contributed by atoms with Crippen LogP contribution >= 0.6 is 0 Å². The molecule has 0 unspecified atom stereocenters. The molecule has 1 aromatic rings. The van der Waals surface area contributed by atoms with E-state index in [0.29, 0.717) is 25.3 Å². The predicted molar refractivity (Wildman–Crippen MR) is 83.8 cm³/mol. The average molecular weight is 328 g/mol. The predicted octanol–water partition coefficient (Wildman–Crippen LogP) is 1.30. The number of nitrogens with one attached hydrogen (secondary N) is 2. The molecule has 0 saturated heterocycles. The number of hydrogen-bond acceptors (Lipinski definition) is 5. The van der Waals surface area contributed by atoms with E-state index >= 15 is 0 Å². The Bertz CT molecular complexity index is 628. The van der Waals surface area contributed by atoms with Crippen LogP contribution in [0, 0.1) is 0 Å². The summed E-state index contributed by atoms with van der Waals surface area (Å²) < 4.78 is 31.5. The number of ether oxygens (including phenoxy) is 1. The SMILES string of the molecule is C=CCNc1ccc(S(=O)(=O)NCCCOC)cc1C(=O)O. The third-order valence-corrected chi connectivity index (χ3v) is 4.24. The van der Waals surface area contributed by atoms with Gasteiger partial charge in [0.1, 0.15) is 0 Å². The van der Waals surface area contributed by atoms with Crippen LogP contribution in [0.25, 0.3) is 0 Å². The maximum Gasteiger partial charge on any atom is 0.337 e. The van der Waals surface area contributed by atoms with Gasteiger partial charge in [-0.2, -0.15) is 0 Å². The molecule has 0 fully saturated rings. The molecule has 0 atom stereocenters. The average Bonchev–Trinajstić information content (AvgIpc) is 2.49. The Balaban J connectivity index is 2.97. The molecule has 22 heavy (non-hydrogen) atoms. The molecule has 122 valence electrons. The van der Waals surface area contributed by atoms with Crippen molar-refractivity contribution in [3.05, 3.63) is 36.4 Å². The molecule has 7 nitrogen and oxygen atoms in total. The number of carbonyl (C=O) groups is 1. The third kappa shape index (κ3) is 5.14. The largest absolute Gasteiger partial charge is 0.478 e. The lowest BCUT2D eigenvalue weighted by Gasteiger charge is -2.11. The number of rotatable bonds is 10. The van der Waals surface area contributed by atoms with E-state index < -0.39 is 16.0 Å². The molecule has 0 heterocycles. The standard InChI is InChI=1S/C14H20N2O5S/c1-3-7-15-13-6-5-11(10-12(13)14(17)18)22(19,20)16-8-4-9-21-2/h3,5-6,10,15-16H,1,4,7-9H2,2H3,(H,17,18). The zero-order valence-corrected chi connectivity index (χ0v) is 13.1. The van der Waals surface area contributed by atoms with Gasteiger partial charge in [0.15, 0.2) is 0 Å². The summed E-state index contributed by atoms with van der Waals surface area (Å²) in [6.07, 6.45) is 2.11. The first-order valence-corrected chi connectivity index (χ1v) is 8.11. The molecule has 0 aliphatic carbocycles. The monoisotopic (exact) mass is 328 g/mol. The second-order valence-electron chi connectivity index (χ2n) is 4.43. The Labute approximate surface area is 130 Å². The number of benzene rings is 1. The normalized spacial score (nSPS) is 11.1. The summed E-state index contributed by atoms with van der Waals surface area (Å²) in [5.74, 6) is -1.21. The van der Waals surface area contributed by atoms with Gasteiger partial charge in [-0.3, -0.25) is 0 Å². The molecule has 0 aromatic heterocycles. The van der Waals surface area contributed by atoms with E-state index in [-0.39, 0.29) is 17.0 Å². The quantitative estimate of drug-likeness (QED) is 0.442. The van der Waals surface area contributed by atoms with Crippen molar-refractivity contribution < 1.29 is 23.1 Å². The molecular weight excluding hydrogens is 308 g/mol. The van der Waals surface area contributed by atoms with Crippen LogP contribution in [0.5, 0.6) is 0 Å². The van der Waals surface area contributed by atoms with E-state index in [1.54, 1.807) is 6.08 Å². The number of aromatic carboxylic acids is 1. The number of hydrogen-bond donors (Lipinski definition) is 3. The molecule has 0 amide bonds. The lowest BCUT2D eigenvalue weighted by Crippen LogP contribution is -2.26. The molecule has 0 bridgehead atoms. The van der Waals surface area contributed by atoms with Gasteiger partial charge in [0.2, 0.25) is 10.0 Å². The zero-order valence-electron chi connectivity index (χ0n) is 12.3. The minimum atomic E-state index is -3.75. The van der Waals surface area contributed by atoms with Crippen molar-refractivity contribution in [1.29, 1.82) is 0 Å². The summed E-state index contributed by atoms with van der Waals surface area (Å²) in [6.45, 7) is 4.56. The number of carboxylic acid groups (broad SMARTS) is 1. The van der Waals surface area contributed by atoms with Crippen molar-refractivity contribution in [2.45, 2.75) is 11.3 Å². The minimum absolute atomic E-state index is 0.0912. The fraction of sp³-hybridized carbons (Fsp3) is 0.357. The van der Waals surface area contributed by atoms with Gasteiger partial charge < -0.3 is 15.2 Å². The van der Waals surface area contributed by atoms with E-state index in [4.69, 9.17) is 4.74 Å². The summed E-state index contributed by atoms with van der Waals surface area (Å²) in [4.78, 5) is 11.2. The summed E-state index contributed by atoms with van der Waals surface area (Å²) in [7, 11) is -2.22. The second kappa shape index (κ2) is 8.52. The van der Waals surface area contributed by atoms with Crippen molar-refractivity contribution in [3.8, 4) is 0 Å². The van der Waals surface area contributed by atoms with Crippen molar-refractivity contribution >= 4 is 21.7 Å². The Morgan fingerprint density at radius 1 is 1.45 bits per heavy atom. The first-order chi connectivity index (χ1) is 10.4. The summed E-state index contributed by atoms with van der Waals surface area (Å²) in [6, 6.07) is 3.92. The van der Waals surface area contributed by atoms with Gasteiger partial charge in [-0.25, -0.2) is 17.9 Å². The summed E-state index contributed by atoms with van der Waals surface area (Å²) in [5.41, 5.74) is 0.229. The van der Waals surface area contributed by atoms with E-state index in [9.17, 15) is 18.3 Å². The number of carboxylic acids is 1. The van der Waals surface area contributed by atoms with Gasteiger partial charge >= 0.3 is 5.97 Å². The van der Waals surface area contributed by atoms with Gasteiger partial charge in [0.05, 0.1) is 10.5 Å². The van der Waals surface area contributed by atoms with Gasteiger partial charge in [0, 0.05) is 32.5 Å². The van der Waals surface area contributed by atoms with Gasteiger partial charge in [-0.05, 0) is 24.6 Å². The summed E-state index contributed by atoms with van der Waals surface area (Å²) >= 11 is 0. The van der Waals surface area contributed by atoms with E-state index in [1.807, 2.05) is 0 Å².